The van der Waals surface area contributed by atoms with Crippen molar-refractivity contribution < 1.29 is 17.9 Å². The smallest absolute Gasteiger partial charge is 0.237 e. The van der Waals surface area contributed by atoms with Crippen LogP contribution in [0.3, 0.4) is 0 Å². The predicted molar refractivity (Wildman–Crippen MR) is 136 cm³/mol. The molecular formula is C25H26N6O4S. The number of amides is 1. The lowest BCUT2D eigenvalue weighted by Crippen LogP contribution is -2.43. The third-order valence-electron chi connectivity index (χ3n) is 6.11. The highest BCUT2D eigenvalue weighted by molar-refractivity contribution is 7.91. The second-order valence-corrected chi connectivity index (χ2v) is 11.0. The van der Waals surface area contributed by atoms with E-state index in [9.17, 15) is 13.2 Å². The number of anilines is 1. The van der Waals surface area contributed by atoms with Gasteiger partial charge in [-0.1, -0.05) is 18.2 Å². The summed E-state index contributed by atoms with van der Waals surface area (Å²) >= 11 is 0. The first-order chi connectivity index (χ1) is 17.3. The van der Waals surface area contributed by atoms with Gasteiger partial charge in [0.15, 0.2) is 15.5 Å². The highest BCUT2D eigenvalue weighted by atomic mass is 32.2. The Hall–Kier alpha value is -3.99. The van der Waals surface area contributed by atoms with Gasteiger partial charge in [0, 0.05) is 24.9 Å². The SMILES string of the molecule is CS(=O)(=O)CC(=O)N1CCC[C@@H](n2nc(-c3ccc(Oc4ccccc4)cc3)c3c(N)ncnc32)C1. The van der Waals surface area contributed by atoms with Gasteiger partial charge < -0.3 is 15.4 Å². The Labute approximate surface area is 208 Å². The van der Waals surface area contributed by atoms with Gasteiger partial charge in [0.2, 0.25) is 5.91 Å². The van der Waals surface area contributed by atoms with Crippen molar-refractivity contribution in [3.05, 3.63) is 60.9 Å². The minimum atomic E-state index is -3.41. The van der Waals surface area contributed by atoms with E-state index in [1.165, 1.54) is 6.33 Å². The van der Waals surface area contributed by atoms with Crippen LogP contribution in [0.4, 0.5) is 5.82 Å². The molecule has 2 aromatic heterocycles. The summed E-state index contributed by atoms with van der Waals surface area (Å²) in [5.41, 5.74) is 8.28. The second-order valence-electron chi connectivity index (χ2n) is 8.90. The van der Waals surface area contributed by atoms with Crippen molar-refractivity contribution in [3.63, 3.8) is 0 Å². The first-order valence-electron chi connectivity index (χ1n) is 11.6. The number of ether oxygens (including phenoxy) is 1. The van der Waals surface area contributed by atoms with Gasteiger partial charge in [-0.05, 0) is 49.2 Å². The van der Waals surface area contributed by atoms with Crippen LogP contribution in [0, 0.1) is 0 Å². The van der Waals surface area contributed by atoms with Gasteiger partial charge >= 0.3 is 0 Å². The molecule has 36 heavy (non-hydrogen) atoms. The molecule has 3 heterocycles. The number of sulfone groups is 1. The lowest BCUT2D eigenvalue weighted by molar-refractivity contribution is -0.130. The van der Waals surface area contributed by atoms with Crippen LogP contribution in [0.15, 0.2) is 60.9 Å². The van der Waals surface area contributed by atoms with Gasteiger partial charge in [0.1, 0.15) is 35.1 Å². The number of hydrogen-bond acceptors (Lipinski definition) is 8. The molecule has 1 fully saturated rings. The molecule has 0 spiro atoms. The van der Waals surface area contributed by atoms with Crippen LogP contribution in [0.5, 0.6) is 11.5 Å². The summed E-state index contributed by atoms with van der Waals surface area (Å²) in [7, 11) is -3.41. The topological polar surface area (TPSA) is 133 Å². The minimum absolute atomic E-state index is 0.173. The van der Waals surface area contributed by atoms with E-state index in [0.717, 1.165) is 30.4 Å². The van der Waals surface area contributed by atoms with Crippen LogP contribution in [0.2, 0.25) is 0 Å². The zero-order valence-electron chi connectivity index (χ0n) is 19.7. The molecule has 10 nitrogen and oxygen atoms in total. The van der Waals surface area contributed by atoms with E-state index in [4.69, 9.17) is 15.6 Å². The molecule has 1 amide bonds. The lowest BCUT2D eigenvalue weighted by Gasteiger charge is -2.32. The van der Waals surface area contributed by atoms with Crippen molar-refractivity contribution in [2.75, 3.05) is 30.8 Å². The Balaban J connectivity index is 1.46. The van der Waals surface area contributed by atoms with E-state index in [1.54, 1.807) is 9.58 Å². The van der Waals surface area contributed by atoms with Crippen molar-refractivity contribution in [2.45, 2.75) is 18.9 Å². The summed E-state index contributed by atoms with van der Waals surface area (Å²) < 4.78 is 30.9. The van der Waals surface area contributed by atoms with Crippen LogP contribution in [-0.2, 0) is 14.6 Å². The average molecular weight is 507 g/mol. The van der Waals surface area contributed by atoms with Crippen LogP contribution in [-0.4, -0.2) is 64.1 Å². The molecule has 0 bridgehead atoms. The Morgan fingerprint density at radius 1 is 1.08 bits per heavy atom. The Bertz CT molecular complexity index is 1500. The highest BCUT2D eigenvalue weighted by Crippen LogP contribution is 2.34. The fraction of sp³-hybridized carbons (Fsp3) is 0.280. The number of fused-ring (bicyclic) bond motifs is 1. The van der Waals surface area contributed by atoms with Gasteiger partial charge in [-0.25, -0.2) is 23.1 Å². The summed E-state index contributed by atoms with van der Waals surface area (Å²) in [5, 5.41) is 5.50. The number of nitrogens with two attached hydrogens (primary N) is 1. The number of rotatable bonds is 6. The Morgan fingerprint density at radius 2 is 1.81 bits per heavy atom. The predicted octanol–water partition coefficient (Wildman–Crippen LogP) is 3.08. The number of para-hydroxylation sites is 1. The summed E-state index contributed by atoms with van der Waals surface area (Å²) in [6.07, 6.45) is 3.96. The minimum Gasteiger partial charge on any atom is -0.457 e. The number of likely N-dealkylation sites (tertiary alicyclic amines) is 1. The fourth-order valence-electron chi connectivity index (χ4n) is 4.45. The molecule has 2 aromatic carbocycles. The standard InChI is InChI=1S/C25H26N6O4S/c1-36(33,34)15-21(32)30-13-5-6-18(14-30)31-25-22(24(26)27-16-28-25)23(29-31)17-9-11-20(12-10-17)35-19-7-3-2-4-8-19/h2-4,7-12,16,18H,5-6,13-15H2,1H3,(H2,26,27,28)/t18-/m1/s1. The van der Waals surface area contributed by atoms with Crippen molar-refractivity contribution in [1.82, 2.24) is 24.6 Å². The van der Waals surface area contributed by atoms with E-state index in [-0.39, 0.29) is 6.04 Å². The number of nitrogens with zero attached hydrogens (tertiary/aromatic N) is 5. The van der Waals surface area contributed by atoms with Gasteiger partial charge in [0.05, 0.1) is 11.4 Å². The first-order valence-corrected chi connectivity index (χ1v) is 13.6. The van der Waals surface area contributed by atoms with Crippen LogP contribution < -0.4 is 10.5 Å². The molecule has 1 saturated heterocycles. The van der Waals surface area contributed by atoms with Gasteiger partial charge in [-0.3, -0.25) is 4.79 Å². The molecule has 11 heteroatoms. The van der Waals surface area contributed by atoms with E-state index in [0.29, 0.717) is 41.4 Å². The molecule has 4 aromatic rings. The molecule has 0 aliphatic carbocycles. The molecule has 1 aliphatic rings. The molecule has 5 rings (SSSR count). The largest absolute Gasteiger partial charge is 0.457 e. The number of nitrogen functional groups attached to an aromatic ring is 1. The summed E-state index contributed by atoms with van der Waals surface area (Å²) in [4.78, 5) is 22.8. The van der Waals surface area contributed by atoms with Gasteiger partial charge in [-0.2, -0.15) is 5.10 Å². The number of hydrogen-bond donors (Lipinski definition) is 1. The molecule has 2 N–H and O–H groups in total. The number of aromatic nitrogens is 4. The second kappa shape index (κ2) is 9.57. The van der Waals surface area contributed by atoms with Gasteiger partial charge in [0.25, 0.3) is 0 Å². The highest BCUT2D eigenvalue weighted by Gasteiger charge is 2.29. The molecule has 186 valence electrons. The van der Waals surface area contributed by atoms with Crippen LogP contribution >= 0.6 is 0 Å². The molecule has 1 atom stereocenters. The summed E-state index contributed by atoms with van der Waals surface area (Å²) in [5.74, 6) is 0.834. The number of carbonyl (C=O) groups is 1. The monoisotopic (exact) mass is 506 g/mol. The van der Waals surface area contributed by atoms with E-state index in [2.05, 4.69) is 9.97 Å². The fourth-order valence-corrected chi connectivity index (χ4v) is 5.09. The summed E-state index contributed by atoms with van der Waals surface area (Å²) in [6, 6.07) is 16.9. The molecule has 0 unspecified atom stereocenters. The molecule has 0 radical (unpaired) electrons. The van der Waals surface area contributed by atoms with Crippen molar-refractivity contribution in [1.29, 1.82) is 0 Å². The normalized spacial score (nSPS) is 16.2. The number of piperidine rings is 1. The van der Waals surface area contributed by atoms with E-state index >= 15 is 0 Å². The van der Waals surface area contributed by atoms with Gasteiger partial charge in [-0.15, -0.1) is 0 Å². The maximum absolute atomic E-state index is 12.6. The lowest BCUT2D eigenvalue weighted by atomic mass is 10.1. The molecule has 1 aliphatic heterocycles. The quantitative estimate of drug-likeness (QED) is 0.422. The summed E-state index contributed by atoms with van der Waals surface area (Å²) in [6.45, 7) is 0.856. The van der Waals surface area contributed by atoms with E-state index in [1.807, 2.05) is 54.6 Å². The molecule has 0 saturated carbocycles. The van der Waals surface area contributed by atoms with E-state index < -0.39 is 21.5 Å². The third-order valence-corrected chi connectivity index (χ3v) is 6.88. The van der Waals surface area contributed by atoms with Crippen molar-refractivity contribution >= 4 is 32.6 Å². The third kappa shape index (κ3) is 5.01. The van der Waals surface area contributed by atoms with Crippen molar-refractivity contribution in [3.8, 4) is 22.8 Å². The Morgan fingerprint density at radius 3 is 2.53 bits per heavy atom. The zero-order valence-corrected chi connectivity index (χ0v) is 20.6. The van der Waals surface area contributed by atoms with Crippen LogP contribution in [0.25, 0.3) is 22.3 Å². The zero-order chi connectivity index (χ0) is 25.3. The average Bonchev–Trinajstić information content (AvgIpc) is 3.25. The number of benzene rings is 2. The number of carbonyl (C=O) groups excluding carboxylic acids is 1. The maximum atomic E-state index is 12.6. The van der Waals surface area contributed by atoms with Crippen molar-refractivity contribution in [2.24, 2.45) is 0 Å². The first kappa shape index (κ1) is 23.7. The molecular weight excluding hydrogens is 480 g/mol. The Kier molecular flexibility index (Phi) is 6.31. The van der Waals surface area contributed by atoms with Crippen LogP contribution in [0.1, 0.15) is 18.9 Å². The maximum Gasteiger partial charge on any atom is 0.237 e.